The van der Waals surface area contributed by atoms with Crippen LogP contribution in [0.3, 0.4) is 0 Å². The minimum atomic E-state index is 0.160. The lowest BCUT2D eigenvalue weighted by molar-refractivity contribution is 0.117. The van der Waals surface area contributed by atoms with E-state index in [9.17, 15) is 0 Å². The summed E-state index contributed by atoms with van der Waals surface area (Å²) in [5.74, 6) is 0. The fourth-order valence-electron chi connectivity index (χ4n) is 0.697. The highest BCUT2D eigenvalue weighted by molar-refractivity contribution is 5.73. The standard InChI is InChI=1S/C6H10N2O/c1-2-9-6-3-4-7-8-5-6/h4-6H,2-3H2,1H3. The van der Waals surface area contributed by atoms with Crippen LogP contribution < -0.4 is 0 Å². The van der Waals surface area contributed by atoms with E-state index in [1.165, 1.54) is 0 Å². The first-order valence-corrected chi connectivity index (χ1v) is 3.10. The van der Waals surface area contributed by atoms with E-state index >= 15 is 0 Å². The van der Waals surface area contributed by atoms with Gasteiger partial charge in [0, 0.05) is 19.2 Å². The summed E-state index contributed by atoms with van der Waals surface area (Å²) < 4.78 is 5.24. The van der Waals surface area contributed by atoms with Gasteiger partial charge >= 0.3 is 0 Å². The number of hydrogen-bond acceptors (Lipinski definition) is 3. The van der Waals surface area contributed by atoms with E-state index in [0.717, 1.165) is 13.0 Å². The first kappa shape index (κ1) is 6.42. The van der Waals surface area contributed by atoms with Crippen LogP contribution in [0.25, 0.3) is 0 Å². The highest BCUT2D eigenvalue weighted by atomic mass is 16.5. The van der Waals surface area contributed by atoms with Crippen LogP contribution in [0.5, 0.6) is 0 Å². The van der Waals surface area contributed by atoms with Crippen LogP contribution in [0.2, 0.25) is 0 Å². The molecule has 0 aromatic heterocycles. The third-order valence-corrected chi connectivity index (χ3v) is 1.10. The second-order valence-corrected chi connectivity index (χ2v) is 1.79. The van der Waals surface area contributed by atoms with Crippen molar-refractivity contribution in [2.45, 2.75) is 19.4 Å². The zero-order valence-electron chi connectivity index (χ0n) is 5.45. The summed E-state index contributed by atoms with van der Waals surface area (Å²) in [7, 11) is 0. The molecule has 0 aromatic rings. The second kappa shape index (κ2) is 3.35. The van der Waals surface area contributed by atoms with Crippen molar-refractivity contribution in [1.82, 2.24) is 0 Å². The van der Waals surface area contributed by atoms with E-state index in [-0.39, 0.29) is 6.10 Å². The molecule has 3 nitrogen and oxygen atoms in total. The summed E-state index contributed by atoms with van der Waals surface area (Å²) >= 11 is 0. The molecule has 0 bridgehead atoms. The molecule has 0 aromatic carbocycles. The van der Waals surface area contributed by atoms with E-state index in [0.29, 0.717) is 0 Å². The van der Waals surface area contributed by atoms with Gasteiger partial charge < -0.3 is 4.74 Å². The Kier molecular flexibility index (Phi) is 2.39. The molecule has 0 saturated heterocycles. The second-order valence-electron chi connectivity index (χ2n) is 1.79. The quantitative estimate of drug-likeness (QED) is 0.540. The summed E-state index contributed by atoms with van der Waals surface area (Å²) in [4.78, 5) is 0. The maximum absolute atomic E-state index is 5.24. The van der Waals surface area contributed by atoms with Crippen LogP contribution in [0.15, 0.2) is 10.2 Å². The van der Waals surface area contributed by atoms with Gasteiger partial charge in [0.05, 0.1) is 12.3 Å². The Morgan fingerprint density at radius 2 is 2.56 bits per heavy atom. The molecule has 0 N–H and O–H groups in total. The topological polar surface area (TPSA) is 34.0 Å². The minimum Gasteiger partial charge on any atom is -0.372 e. The fourth-order valence-corrected chi connectivity index (χ4v) is 0.697. The third-order valence-electron chi connectivity index (χ3n) is 1.10. The molecule has 0 amide bonds. The Labute approximate surface area is 54.4 Å². The van der Waals surface area contributed by atoms with Crippen LogP contribution in [0.1, 0.15) is 13.3 Å². The summed E-state index contributed by atoms with van der Waals surface area (Å²) in [6.07, 6.45) is 4.51. The van der Waals surface area contributed by atoms with Crippen LogP contribution in [0, 0.1) is 0 Å². The predicted octanol–water partition coefficient (Wildman–Crippen LogP) is 0.852. The Morgan fingerprint density at radius 1 is 1.67 bits per heavy atom. The molecule has 1 aliphatic heterocycles. The Hall–Kier alpha value is -0.700. The molecule has 0 radical (unpaired) electrons. The zero-order chi connectivity index (χ0) is 6.53. The van der Waals surface area contributed by atoms with Crippen LogP contribution in [0.4, 0.5) is 0 Å². The minimum absolute atomic E-state index is 0.160. The normalized spacial score (nSPS) is 24.8. The van der Waals surface area contributed by atoms with Gasteiger partial charge in [-0.1, -0.05) is 0 Å². The molecular weight excluding hydrogens is 116 g/mol. The molecule has 1 aliphatic rings. The number of hydrogen-bond donors (Lipinski definition) is 0. The monoisotopic (exact) mass is 126 g/mol. The number of ether oxygens (including phenoxy) is 1. The van der Waals surface area contributed by atoms with Gasteiger partial charge in [-0.05, 0) is 6.92 Å². The molecule has 9 heavy (non-hydrogen) atoms. The maximum Gasteiger partial charge on any atom is 0.0994 e. The van der Waals surface area contributed by atoms with Crippen LogP contribution in [-0.4, -0.2) is 25.1 Å². The first-order chi connectivity index (χ1) is 4.43. The van der Waals surface area contributed by atoms with Crippen molar-refractivity contribution in [2.24, 2.45) is 10.2 Å². The molecule has 0 fully saturated rings. The Balaban J connectivity index is 2.28. The largest absolute Gasteiger partial charge is 0.372 e. The van der Waals surface area contributed by atoms with E-state index in [4.69, 9.17) is 4.74 Å². The van der Waals surface area contributed by atoms with Crippen LogP contribution >= 0.6 is 0 Å². The molecule has 1 atom stereocenters. The third kappa shape index (κ3) is 1.93. The van der Waals surface area contributed by atoms with Crippen molar-refractivity contribution < 1.29 is 4.74 Å². The van der Waals surface area contributed by atoms with Crippen molar-refractivity contribution in [3.05, 3.63) is 0 Å². The predicted molar refractivity (Wildman–Crippen MR) is 37.0 cm³/mol. The van der Waals surface area contributed by atoms with Gasteiger partial charge in [0.1, 0.15) is 0 Å². The van der Waals surface area contributed by atoms with Gasteiger partial charge in [0.2, 0.25) is 0 Å². The van der Waals surface area contributed by atoms with E-state index in [2.05, 4.69) is 10.2 Å². The first-order valence-electron chi connectivity index (χ1n) is 3.10. The SMILES string of the molecule is CCOC1C=NN=CC1. The van der Waals surface area contributed by atoms with Gasteiger partial charge in [-0.3, -0.25) is 0 Å². The highest BCUT2D eigenvalue weighted by Gasteiger charge is 2.04. The Bertz CT molecular complexity index is 131. The number of rotatable bonds is 2. The van der Waals surface area contributed by atoms with Crippen LogP contribution in [-0.2, 0) is 4.74 Å². The smallest absolute Gasteiger partial charge is 0.0994 e. The summed E-state index contributed by atoms with van der Waals surface area (Å²) in [5.41, 5.74) is 0. The zero-order valence-corrected chi connectivity index (χ0v) is 5.45. The molecule has 1 rings (SSSR count). The van der Waals surface area contributed by atoms with Gasteiger partial charge in [-0.15, -0.1) is 0 Å². The van der Waals surface area contributed by atoms with Gasteiger partial charge in [0.25, 0.3) is 0 Å². The average molecular weight is 126 g/mol. The number of nitrogens with zero attached hydrogens (tertiary/aromatic N) is 2. The van der Waals surface area contributed by atoms with Crippen molar-refractivity contribution in [2.75, 3.05) is 6.61 Å². The summed E-state index contributed by atoms with van der Waals surface area (Å²) in [6, 6.07) is 0. The molecule has 3 heteroatoms. The van der Waals surface area contributed by atoms with Crippen molar-refractivity contribution in [3.8, 4) is 0 Å². The van der Waals surface area contributed by atoms with Gasteiger partial charge in [0.15, 0.2) is 0 Å². The molecule has 0 spiro atoms. The lowest BCUT2D eigenvalue weighted by Crippen LogP contribution is -2.16. The fraction of sp³-hybridized carbons (Fsp3) is 0.667. The molecule has 1 unspecified atom stereocenters. The highest BCUT2D eigenvalue weighted by Crippen LogP contribution is 1.97. The summed E-state index contributed by atoms with van der Waals surface area (Å²) in [5, 5.41) is 7.37. The van der Waals surface area contributed by atoms with E-state index in [1.807, 2.05) is 6.92 Å². The molecule has 0 aliphatic carbocycles. The summed E-state index contributed by atoms with van der Waals surface area (Å²) in [6.45, 7) is 2.71. The van der Waals surface area contributed by atoms with Crippen molar-refractivity contribution in [1.29, 1.82) is 0 Å². The lowest BCUT2D eigenvalue weighted by Gasteiger charge is -2.09. The van der Waals surface area contributed by atoms with Crippen molar-refractivity contribution in [3.63, 3.8) is 0 Å². The van der Waals surface area contributed by atoms with Crippen molar-refractivity contribution >= 4 is 12.4 Å². The molecular formula is C6H10N2O. The van der Waals surface area contributed by atoms with Gasteiger partial charge in [-0.2, -0.15) is 10.2 Å². The maximum atomic E-state index is 5.24. The average Bonchev–Trinajstić information content (AvgIpc) is 1.91. The lowest BCUT2D eigenvalue weighted by atomic mass is 10.3. The van der Waals surface area contributed by atoms with E-state index < -0.39 is 0 Å². The molecule has 1 heterocycles. The Morgan fingerprint density at radius 3 is 3.11 bits per heavy atom. The van der Waals surface area contributed by atoms with Gasteiger partial charge in [-0.25, -0.2) is 0 Å². The molecule has 0 saturated carbocycles. The van der Waals surface area contributed by atoms with E-state index in [1.54, 1.807) is 12.4 Å². The molecule has 50 valence electrons.